The summed E-state index contributed by atoms with van der Waals surface area (Å²) in [5, 5.41) is 21.0. The molecule has 0 aliphatic carbocycles. The van der Waals surface area contributed by atoms with Crippen LogP contribution in [0.2, 0.25) is 0 Å². The minimum absolute atomic E-state index is 0.0119. The number of nitrogen functional groups attached to an aromatic ring is 1. The van der Waals surface area contributed by atoms with Gasteiger partial charge in [0, 0.05) is 0 Å². The van der Waals surface area contributed by atoms with Gasteiger partial charge in [0.15, 0.2) is 5.82 Å². The van der Waals surface area contributed by atoms with Crippen LogP contribution in [0.25, 0.3) is 0 Å². The maximum Gasteiger partial charge on any atom is 0.481 e. The van der Waals surface area contributed by atoms with Crippen LogP contribution in [0.4, 0.5) is 11.5 Å². The number of aliphatic hydroxyl groups excluding tert-OH is 2. The molecule has 0 amide bonds. The number of anilines is 1. The zero-order valence-electron chi connectivity index (χ0n) is 17.3. The number of nitrogens with zero attached hydrogens (tertiary/aromatic N) is 3. The Balaban J connectivity index is 1.80. The van der Waals surface area contributed by atoms with Crippen molar-refractivity contribution in [2.24, 2.45) is 4.99 Å². The molecule has 194 valence electrons. The van der Waals surface area contributed by atoms with Crippen LogP contribution in [0.15, 0.2) is 11.3 Å². The van der Waals surface area contributed by atoms with E-state index < -0.39 is 64.2 Å². The number of hydrogen-bond donors (Lipinski definition) is 6. The predicted molar refractivity (Wildman–Crippen MR) is 122 cm³/mol. The molecule has 1 saturated heterocycles. The Labute approximate surface area is 209 Å². The summed E-state index contributed by atoms with van der Waals surface area (Å²) >= 11 is 3.77. The number of halogens is 1. The summed E-state index contributed by atoms with van der Waals surface area (Å²) in [5.41, 5.74) is 6.19. The van der Waals surface area contributed by atoms with Gasteiger partial charge in [-0.2, -0.15) is 4.31 Å². The number of phosphoric ester groups is 1. The van der Waals surface area contributed by atoms with Gasteiger partial charge in [0.1, 0.15) is 36.4 Å². The number of rotatable bonds is 10. The lowest BCUT2D eigenvalue weighted by Gasteiger charge is -2.23. The van der Waals surface area contributed by atoms with E-state index in [-0.39, 0.29) is 33.3 Å². The summed E-state index contributed by atoms with van der Waals surface area (Å²) in [7, 11) is -10.6. The van der Waals surface area contributed by atoms with E-state index in [1.54, 1.807) is 0 Å². The average molecular weight is 621 g/mol. The van der Waals surface area contributed by atoms with Crippen molar-refractivity contribution in [3.63, 3.8) is 0 Å². The van der Waals surface area contributed by atoms with Crippen LogP contribution in [-0.2, 0) is 32.3 Å². The van der Waals surface area contributed by atoms with Crippen molar-refractivity contribution < 1.29 is 57.2 Å². The number of fused-ring (bicyclic) bond motifs is 1. The van der Waals surface area contributed by atoms with E-state index in [0.29, 0.717) is 0 Å². The Hall–Kier alpha value is -1.14. The molecule has 0 spiro atoms. The van der Waals surface area contributed by atoms with Gasteiger partial charge >= 0.3 is 15.6 Å². The number of alkyl halides is 1. The predicted octanol–water partition coefficient (Wildman–Crippen LogP) is -0.832. The molecule has 35 heavy (non-hydrogen) atoms. The Bertz CT molecular complexity index is 1140. The van der Waals surface area contributed by atoms with Crippen molar-refractivity contribution in [3.8, 4) is 0 Å². The van der Waals surface area contributed by atoms with Crippen molar-refractivity contribution in [2.75, 3.05) is 23.4 Å². The van der Waals surface area contributed by atoms with Crippen LogP contribution in [-0.4, -0.2) is 93.6 Å². The first-order valence-electron chi connectivity index (χ1n) is 9.43. The lowest BCUT2D eigenvalue weighted by molar-refractivity contribution is -0.133. The van der Waals surface area contributed by atoms with Crippen LogP contribution in [0.1, 0.15) is 11.6 Å². The molecule has 3 heterocycles. The van der Waals surface area contributed by atoms with Crippen molar-refractivity contribution in [1.29, 1.82) is 0 Å². The van der Waals surface area contributed by atoms with Crippen molar-refractivity contribution in [3.05, 3.63) is 12.0 Å². The lowest BCUT2D eigenvalue weighted by atomic mass is 9.94. The molecule has 1 fully saturated rings. The number of carbonyl (C=O) groups is 2. The van der Waals surface area contributed by atoms with E-state index in [1.807, 2.05) is 0 Å². The van der Waals surface area contributed by atoms with E-state index in [9.17, 15) is 33.8 Å². The highest BCUT2D eigenvalue weighted by atomic mass is 79.9. The molecule has 16 nitrogen and oxygen atoms in total. The van der Waals surface area contributed by atoms with Gasteiger partial charge in [0.25, 0.3) is 0 Å². The first kappa shape index (κ1) is 28.4. The molecule has 6 atom stereocenters. The van der Waals surface area contributed by atoms with E-state index in [4.69, 9.17) is 20.3 Å². The van der Waals surface area contributed by atoms with E-state index in [2.05, 4.69) is 39.7 Å². The molecule has 0 saturated carbocycles. The first-order valence-corrected chi connectivity index (χ1v) is 14.6. The maximum absolute atomic E-state index is 12.0. The summed E-state index contributed by atoms with van der Waals surface area (Å²) in [6.07, 6.45) is -4.89. The third kappa shape index (κ3) is 6.80. The molecule has 1 aromatic heterocycles. The highest BCUT2D eigenvalue weighted by Crippen LogP contribution is 2.57. The smallest absolute Gasteiger partial charge is 0.388 e. The molecular weight excluding hydrogens is 602 g/mol. The molecule has 0 radical (unpaired) electrons. The van der Waals surface area contributed by atoms with E-state index in [1.165, 1.54) is 0 Å². The number of aliphatic imine (C=N–C) groups is 1. The second-order valence-corrected chi connectivity index (χ2v) is 11.5. The molecule has 7 N–H and O–H groups in total. The third-order valence-corrected chi connectivity index (χ3v) is 8.49. The SMILES string of the molecule is Nc1ncnc2c1N=C(SCC(=O)C(=O)CBr)[C@@H]2C1O[C@H](COP(=O)(O)OP(=O)(O)O)[C@@H](O)[C@H]1O. The number of carbonyl (C=O) groups excluding carboxylic acids is 2. The molecule has 2 unspecified atom stereocenters. The zero-order valence-corrected chi connectivity index (χ0v) is 21.5. The summed E-state index contributed by atoms with van der Waals surface area (Å²) < 4.78 is 36.3. The molecule has 2 aliphatic rings. The number of thioether (sulfide) groups is 1. The van der Waals surface area contributed by atoms with Crippen molar-refractivity contribution in [1.82, 2.24) is 9.97 Å². The fourth-order valence-electron chi connectivity index (χ4n) is 3.27. The fourth-order valence-corrected chi connectivity index (χ4v) is 6.21. The number of ether oxygens (including phenoxy) is 1. The molecule has 0 aromatic carbocycles. The topological polar surface area (TPSA) is 261 Å². The number of hydrogen-bond acceptors (Lipinski definition) is 14. The monoisotopic (exact) mass is 620 g/mol. The second kappa shape index (κ2) is 11.1. The van der Waals surface area contributed by atoms with Crippen LogP contribution in [0, 0.1) is 0 Å². The Morgan fingerprint density at radius 3 is 2.49 bits per heavy atom. The van der Waals surface area contributed by atoms with E-state index in [0.717, 1.165) is 18.1 Å². The van der Waals surface area contributed by atoms with Crippen molar-refractivity contribution >= 4 is 71.5 Å². The summed E-state index contributed by atoms with van der Waals surface area (Å²) in [6, 6.07) is 0. The fraction of sp³-hybridized carbons (Fsp3) is 0.533. The summed E-state index contributed by atoms with van der Waals surface area (Å²) in [6.45, 7) is -0.897. The van der Waals surface area contributed by atoms with Gasteiger partial charge in [-0.15, -0.1) is 11.8 Å². The molecule has 0 bridgehead atoms. The molecule has 1 aromatic rings. The van der Waals surface area contributed by atoms with Gasteiger partial charge in [0.2, 0.25) is 11.6 Å². The highest BCUT2D eigenvalue weighted by molar-refractivity contribution is 9.09. The van der Waals surface area contributed by atoms with Crippen molar-refractivity contribution in [2.45, 2.75) is 30.3 Å². The van der Waals surface area contributed by atoms with Crippen LogP contribution < -0.4 is 5.73 Å². The number of aromatic nitrogens is 2. The standard InChI is InChI=1S/C15H19BrN4O12P2S/c16-1-5(21)6(22)3-35-15-8(9-10(20-15)14(17)19-4-18-9)13-12(24)11(23)7(31-13)2-30-34(28,29)32-33(25,26)27/h4,7-8,11-13,23-24H,1-3H2,(H,28,29)(H2,17,18,19)(H2,25,26,27)/t7-,8+,11-,12-,13?/m1/s1. The van der Waals surface area contributed by atoms with Crippen LogP contribution in [0.3, 0.4) is 0 Å². The van der Waals surface area contributed by atoms with Gasteiger partial charge in [-0.05, 0) is 0 Å². The molecule has 2 aliphatic heterocycles. The quantitative estimate of drug-likeness (QED) is 0.106. The first-order chi connectivity index (χ1) is 16.2. The molecule has 20 heteroatoms. The molecule has 3 rings (SSSR count). The maximum atomic E-state index is 12.0. The van der Waals surface area contributed by atoms with Gasteiger partial charge in [-0.3, -0.25) is 14.1 Å². The molecular formula is C15H19BrN4O12P2S. The Kier molecular flexibility index (Phi) is 9.00. The third-order valence-electron chi connectivity index (χ3n) is 4.78. The Morgan fingerprint density at radius 1 is 1.17 bits per heavy atom. The number of aliphatic hydroxyl groups is 2. The van der Waals surface area contributed by atoms with Crippen LogP contribution >= 0.6 is 43.3 Å². The van der Waals surface area contributed by atoms with Gasteiger partial charge < -0.3 is 35.4 Å². The number of nitrogens with two attached hydrogens (primary N) is 1. The van der Waals surface area contributed by atoms with Gasteiger partial charge in [0.05, 0.1) is 34.3 Å². The number of ketones is 2. The van der Waals surface area contributed by atoms with Crippen LogP contribution in [0.5, 0.6) is 0 Å². The van der Waals surface area contributed by atoms with Gasteiger partial charge in [-0.25, -0.2) is 24.1 Å². The normalized spacial score (nSPS) is 27.8. The largest absolute Gasteiger partial charge is 0.481 e. The Morgan fingerprint density at radius 2 is 1.86 bits per heavy atom. The lowest BCUT2D eigenvalue weighted by Crippen LogP contribution is -2.37. The minimum Gasteiger partial charge on any atom is -0.388 e. The second-order valence-electron chi connectivity index (χ2n) is 7.15. The average Bonchev–Trinajstić information content (AvgIpc) is 3.26. The zero-order chi connectivity index (χ0) is 26.1. The highest BCUT2D eigenvalue weighted by Gasteiger charge is 2.51. The summed E-state index contributed by atoms with van der Waals surface area (Å²) in [5.74, 6) is -2.66. The number of phosphoric acid groups is 2. The summed E-state index contributed by atoms with van der Waals surface area (Å²) in [4.78, 5) is 62.6. The minimum atomic E-state index is -5.37. The number of Topliss-reactive ketones (excluding diaryl/α,β-unsaturated/α-hetero) is 2. The van der Waals surface area contributed by atoms with Gasteiger partial charge in [-0.1, -0.05) is 15.9 Å². The van der Waals surface area contributed by atoms with E-state index >= 15 is 0 Å².